The van der Waals surface area contributed by atoms with Crippen molar-refractivity contribution in [1.29, 1.82) is 0 Å². The van der Waals surface area contributed by atoms with E-state index < -0.39 is 21.2 Å². The molecule has 9 rings (SSSR count). The largest absolute Gasteiger partial charge is 0.497 e. The highest BCUT2D eigenvalue weighted by Crippen LogP contribution is 2.48. The molecule has 1 saturated carbocycles. The molecule has 12 nitrogen and oxygen atoms in total. The first-order valence-corrected chi connectivity index (χ1v) is 22.8. The molecule has 1 N–H and O–H groups in total. The number of methoxy groups -OCH3 is 1. The van der Waals surface area contributed by atoms with E-state index >= 15 is 0 Å². The van der Waals surface area contributed by atoms with Crippen LogP contribution in [-0.2, 0) is 32.5 Å². The van der Waals surface area contributed by atoms with Crippen molar-refractivity contribution in [3.8, 4) is 17.0 Å². The van der Waals surface area contributed by atoms with E-state index in [9.17, 15) is 18.0 Å². The van der Waals surface area contributed by atoms with Crippen molar-refractivity contribution in [3.05, 3.63) is 70.5 Å². The summed E-state index contributed by atoms with van der Waals surface area (Å²) >= 11 is 0. The Bertz CT molecular complexity index is 2370. The van der Waals surface area contributed by atoms with Crippen LogP contribution in [0.5, 0.6) is 5.75 Å². The Morgan fingerprint density at radius 1 is 0.931 bits per heavy atom. The van der Waals surface area contributed by atoms with Crippen molar-refractivity contribution in [2.45, 2.75) is 114 Å². The third-order valence-electron chi connectivity index (χ3n) is 13.6. The number of hydrogen-bond donors (Lipinski definition) is 1. The quantitative estimate of drug-likeness (QED) is 0.196. The number of sulfonamides is 1. The van der Waals surface area contributed by atoms with Gasteiger partial charge in [-0.15, -0.1) is 0 Å². The molecule has 2 bridgehead atoms. The number of rotatable bonds is 9. The van der Waals surface area contributed by atoms with E-state index in [1.165, 1.54) is 24.8 Å². The van der Waals surface area contributed by atoms with Crippen molar-refractivity contribution in [2.24, 2.45) is 0 Å². The Labute approximate surface area is 341 Å². The molecule has 0 spiro atoms. The number of carbonyl (C=O) groups excluding carboxylic acids is 2. The second-order valence-electron chi connectivity index (χ2n) is 17.4. The minimum Gasteiger partial charge on any atom is -0.497 e. The first-order chi connectivity index (χ1) is 28.0. The van der Waals surface area contributed by atoms with Gasteiger partial charge < -0.3 is 18.9 Å². The van der Waals surface area contributed by atoms with Crippen LogP contribution in [0.25, 0.3) is 33.8 Å². The molecular formula is C45H56N6O6S. The molecule has 6 heterocycles. The average Bonchev–Trinajstić information content (AvgIpc) is 3.80. The van der Waals surface area contributed by atoms with E-state index in [0.717, 1.165) is 88.8 Å². The first kappa shape index (κ1) is 39.0. The summed E-state index contributed by atoms with van der Waals surface area (Å²) in [6.07, 6.45) is 13.5. The van der Waals surface area contributed by atoms with Crippen LogP contribution in [0.1, 0.15) is 116 Å². The van der Waals surface area contributed by atoms with Gasteiger partial charge in [-0.2, -0.15) is 5.10 Å². The third-order valence-corrected chi connectivity index (χ3v) is 15.3. The highest BCUT2D eigenvalue weighted by molar-refractivity contribution is 7.90. The second-order valence-corrected chi connectivity index (χ2v) is 19.6. The van der Waals surface area contributed by atoms with Crippen LogP contribution in [-0.4, -0.2) is 102 Å². The fourth-order valence-electron chi connectivity index (χ4n) is 10.3. The molecule has 58 heavy (non-hydrogen) atoms. The molecule has 2 atom stereocenters. The lowest BCUT2D eigenvalue weighted by Crippen LogP contribution is -2.53. The Balaban J connectivity index is 1.22. The van der Waals surface area contributed by atoms with Crippen LogP contribution in [0, 0.1) is 0 Å². The van der Waals surface area contributed by atoms with Crippen molar-refractivity contribution in [2.75, 3.05) is 40.5 Å². The summed E-state index contributed by atoms with van der Waals surface area (Å²) < 4.78 is 43.7. The van der Waals surface area contributed by atoms with Gasteiger partial charge in [0.15, 0.2) is 0 Å². The Morgan fingerprint density at radius 2 is 1.67 bits per heavy atom. The van der Waals surface area contributed by atoms with Gasteiger partial charge in [0.25, 0.3) is 5.91 Å². The number of nitrogens with one attached hydrogen (secondary N) is 1. The Kier molecular flexibility index (Phi) is 10.5. The lowest BCUT2D eigenvalue weighted by molar-refractivity contribution is -0.118. The van der Waals surface area contributed by atoms with E-state index in [0.29, 0.717) is 56.4 Å². The van der Waals surface area contributed by atoms with Crippen LogP contribution >= 0.6 is 0 Å². The molecule has 2 aromatic carbocycles. The lowest BCUT2D eigenvalue weighted by Gasteiger charge is -2.39. The van der Waals surface area contributed by atoms with Gasteiger partial charge in [0.05, 0.1) is 54.5 Å². The first-order valence-electron chi connectivity index (χ1n) is 21.3. The molecule has 4 aliphatic heterocycles. The van der Waals surface area contributed by atoms with Gasteiger partial charge in [-0.3, -0.25) is 23.9 Å². The van der Waals surface area contributed by atoms with Gasteiger partial charge >= 0.3 is 0 Å². The van der Waals surface area contributed by atoms with Crippen molar-refractivity contribution in [3.63, 3.8) is 0 Å². The Hall–Kier alpha value is -4.46. The maximum atomic E-state index is 14.9. The number of fused-ring (bicyclic) bond motifs is 7. The van der Waals surface area contributed by atoms with Gasteiger partial charge in [-0.25, -0.2) is 8.42 Å². The normalized spacial score (nSPS) is 21.8. The summed E-state index contributed by atoms with van der Waals surface area (Å²) in [4.78, 5) is 32.6. The minimum absolute atomic E-state index is 0.0273. The average molecular weight is 809 g/mol. The van der Waals surface area contributed by atoms with Gasteiger partial charge in [0.2, 0.25) is 15.9 Å². The predicted octanol–water partition coefficient (Wildman–Crippen LogP) is 6.78. The number of nitrogens with zero attached hydrogens (tertiary/aromatic N) is 5. The van der Waals surface area contributed by atoms with E-state index in [4.69, 9.17) is 14.6 Å². The van der Waals surface area contributed by atoms with E-state index in [1.807, 2.05) is 12.1 Å². The number of amides is 2. The van der Waals surface area contributed by atoms with Crippen LogP contribution in [0.15, 0.2) is 42.6 Å². The summed E-state index contributed by atoms with van der Waals surface area (Å²) in [5.74, 6) is 0.582. The molecule has 308 valence electrons. The third kappa shape index (κ3) is 7.06. The van der Waals surface area contributed by atoms with Gasteiger partial charge in [0, 0.05) is 54.9 Å². The minimum atomic E-state index is -3.77. The highest BCUT2D eigenvalue weighted by atomic mass is 32.2. The maximum absolute atomic E-state index is 14.9. The number of aromatic nitrogens is 3. The highest BCUT2D eigenvalue weighted by Gasteiger charge is 2.41. The zero-order valence-electron chi connectivity index (χ0n) is 34.2. The summed E-state index contributed by atoms with van der Waals surface area (Å²) in [6.45, 7) is 6.28. The molecule has 2 aromatic heterocycles. The zero-order valence-corrected chi connectivity index (χ0v) is 35.0. The maximum Gasteiger partial charge on any atom is 0.257 e. The summed E-state index contributed by atoms with van der Waals surface area (Å²) in [5.41, 5.74) is 8.75. The molecule has 2 unspecified atom stereocenters. The van der Waals surface area contributed by atoms with Crippen LogP contribution in [0.2, 0.25) is 0 Å². The van der Waals surface area contributed by atoms with E-state index in [2.05, 4.69) is 61.2 Å². The monoisotopic (exact) mass is 808 g/mol. The lowest BCUT2D eigenvalue weighted by atomic mass is 9.81. The second kappa shape index (κ2) is 15.6. The molecule has 4 aromatic rings. The Morgan fingerprint density at radius 3 is 2.38 bits per heavy atom. The zero-order chi connectivity index (χ0) is 40.3. The molecule has 13 heteroatoms. The van der Waals surface area contributed by atoms with E-state index in [1.54, 1.807) is 27.2 Å². The summed E-state index contributed by atoms with van der Waals surface area (Å²) in [7, 11) is 0.108. The van der Waals surface area contributed by atoms with E-state index in [-0.39, 0.29) is 18.4 Å². The van der Waals surface area contributed by atoms with Crippen molar-refractivity contribution in [1.82, 2.24) is 28.9 Å². The van der Waals surface area contributed by atoms with Crippen LogP contribution < -0.4 is 9.46 Å². The number of likely N-dealkylation sites (tertiary alicyclic amines) is 1. The van der Waals surface area contributed by atoms with Crippen molar-refractivity contribution >= 4 is 44.4 Å². The number of ether oxygens (including phenoxy) is 2. The molecule has 5 aliphatic rings. The fraction of sp³-hybridized carbons (Fsp3) is 0.533. The number of likely N-dealkylation sites (N-methyl/N-ethyl adjacent to an activating group) is 1. The predicted molar refractivity (Wildman–Crippen MR) is 225 cm³/mol. The van der Waals surface area contributed by atoms with Crippen LogP contribution in [0.4, 0.5) is 0 Å². The molecule has 0 radical (unpaired) electrons. The SMILES string of the molecule is COc1ccc2c(c1)C=C(c1c(C(=O)N3CC4CCC(C3)N4C)cnn1C1CCOCC1)Cn1c-2c(C2CCCCC2)c2ccc(CC(=O)NS(=O)(=O)C(C)C)cc21. The van der Waals surface area contributed by atoms with Gasteiger partial charge in [-0.05, 0) is 118 Å². The van der Waals surface area contributed by atoms with Crippen LogP contribution in [0.3, 0.4) is 0 Å². The topological polar surface area (TPSA) is 128 Å². The smallest absolute Gasteiger partial charge is 0.257 e. The number of benzene rings is 2. The van der Waals surface area contributed by atoms with Gasteiger partial charge in [0.1, 0.15) is 5.75 Å². The summed E-state index contributed by atoms with van der Waals surface area (Å²) in [6, 6.07) is 13.3. The molecule has 2 amide bonds. The van der Waals surface area contributed by atoms with Gasteiger partial charge in [-0.1, -0.05) is 31.4 Å². The molecule has 1 aliphatic carbocycles. The number of hydrogen-bond acceptors (Lipinski definition) is 8. The summed E-state index contributed by atoms with van der Waals surface area (Å²) in [5, 5.41) is 5.46. The molecule has 3 saturated heterocycles. The number of allylic oxidation sites excluding steroid dienone is 1. The molecular weight excluding hydrogens is 753 g/mol. The fourth-order valence-corrected chi connectivity index (χ4v) is 11.0. The molecule has 4 fully saturated rings. The number of carbonyl (C=O) groups is 2. The standard InChI is InChI=1S/C45H56N6O6S/c1-28(2)58(54,55)47-41(52)21-29-10-14-38-40(20-29)50-25-32(22-31-23-36(56-4)13-15-37(31)44(50)42(38)30-8-6-5-7-9-30)43-39(24-46-51(43)33-16-18-57-19-17-33)45(53)49-26-34-11-12-35(27-49)48(34)3/h10,13-15,20,22-24,28,30,33-35H,5-9,11-12,16-19,21,25-27H2,1-4H3,(H,47,52). The van der Waals surface area contributed by atoms with Crippen molar-refractivity contribution < 1.29 is 27.5 Å². The number of piperazine rings is 1.